The Kier molecular flexibility index (Phi) is 5.12. The molecule has 3 N–H and O–H groups in total. The first-order valence-corrected chi connectivity index (χ1v) is 5.88. The largest absolute Gasteiger partial charge is 0.392 e. The van der Waals surface area contributed by atoms with Crippen molar-refractivity contribution in [2.24, 2.45) is 0 Å². The highest BCUT2D eigenvalue weighted by Gasteiger charge is 2.11. The lowest BCUT2D eigenvalue weighted by Gasteiger charge is -2.19. The lowest BCUT2D eigenvalue weighted by molar-refractivity contribution is 0.149. The minimum Gasteiger partial charge on any atom is -0.392 e. The smallest absolute Gasteiger partial charge is 0.321 e. The van der Waals surface area contributed by atoms with Crippen LogP contribution in [0.1, 0.15) is 25.5 Å². The summed E-state index contributed by atoms with van der Waals surface area (Å²) in [6.07, 6.45) is -1.14. The van der Waals surface area contributed by atoms with E-state index in [9.17, 15) is 15.0 Å². The fourth-order valence-corrected chi connectivity index (χ4v) is 1.57. The number of amides is 2. The number of carbonyl (C=O) groups excluding carboxylic acids is 1. The highest BCUT2D eigenvalue weighted by molar-refractivity contribution is 5.89. The van der Waals surface area contributed by atoms with Gasteiger partial charge in [0.2, 0.25) is 0 Å². The maximum absolute atomic E-state index is 11.8. The topological polar surface area (TPSA) is 72.8 Å². The van der Waals surface area contributed by atoms with E-state index in [1.165, 1.54) is 4.90 Å². The molecular weight excluding hydrogens is 232 g/mol. The van der Waals surface area contributed by atoms with Gasteiger partial charge in [0.15, 0.2) is 0 Å². The Labute approximate surface area is 107 Å². The van der Waals surface area contributed by atoms with Crippen LogP contribution in [0.2, 0.25) is 0 Å². The van der Waals surface area contributed by atoms with Gasteiger partial charge in [-0.2, -0.15) is 0 Å². The molecule has 1 rings (SSSR count). The summed E-state index contributed by atoms with van der Waals surface area (Å²) in [4.78, 5) is 13.2. The van der Waals surface area contributed by atoms with Crippen LogP contribution in [0.3, 0.4) is 0 Å². The second-order valence-corrected chi connectivity index (χ2v) is 4.46. The van der Waals surface area contributed by atoms with Gasteiger partial charge in [-0.05, 0) is 31.5 Å². The van der Waals surface area contributed by atoms with Gasteiger partial charge in [0.1, 0.15) is 0 Å². The Morgan fingerprint density at radius 1 is 1.39 bits per heavy atom. The predicted octanol–water partition coefficient (Wildman–Crippen LogP) is 1.58. The number of likely N-dealkylation sites (N-methyl/N-ethyl adjacent to an activating group) is 1. The molecule has 0 aliphatic carbocycles. The number of carbonyl (C=O) groups is 1. The summed E-state index contributed by atoms with van der Waals surface area (Å²) in [6, 6.07) is 6.74. The zero-order valence-electron chi connectivity index (χ0n) is 10.9. The van der Waals surface area contributed by atoms with Crippen LogP contribution in [0.4, 0.5) is 10.5 Å². The zero-order valence-corrected chi connectivity index (χ0v) is 10.9. The number of aliphatic hydroxyl groups excluding tert-OH is 2. The molecule has 1 aromatic rings. The highest BCUT2D eigenvalue weighted by atomic mass is 16.3. The minimum absolute atomic E-state index is 0.266. The van der Waals surface area contributed by atoms with Crippen LogP contribution >= 0.6 is 0 Å². The minimum atomic E-state index is -0.572. The zero-order chi connectivity index (χ0) is 13.7. The number of benzene rings is 1. The van der Waals surface area contributed by atoms with Gasteiger partial charge in [-0.15, -0.1) is 0 Å². The number of nitrogens with one attached hydrogen (secondary N) is 1. The second-order valence-electron chi connectivity index (χ2n) is 4.46. The molecule has 18 heavy (non-hydrogen) atoms. The van der Waals surface area contributed by atoms with Gasteiger partial charge in [0, 0.05) is 19.3 Å². The molecule has 0 spiro atoms. The second kappa shape index (κ2) is 6.37. The maximum Gasteiger partial charge on any atom is 0.321 e. The number of anilines is 1. The molecule has 0 aliphatic rings. The van der Waals surface area contributed by atoms with Crippen LogP contribution in [0, 0.1) is 0 Å². The molecular formula is C13H20N2O3. The standard InChI is InChI=1S/C13H20N2O3/c1-9(16)8-15(3)13(18)14-12-6-4-5-11(7-12)10(2)17/h4-7,9-10,16-17H,8H2,1-3H3,(H,14,18). The van der Waals surface area contributed by atoms with Gasteiger partial charge >= 0.3 is 6.03 Å². The van der Waals surface area contributed by atoms with Crippen LogP contribution in [0.5, 0.6) is 0 Å². The first-order valence-electron chi connectivity index (χ1n) is 5.88. The summed E-state index contributed by atoms with van der Waals surface area (Å²) in [5, 5.41) is 21.4. The van der Waals surface area contributed by atoms with Crippen molar-refractivity contribution in [3.8, 4) is 0 Å². The monoisotopic (exact) mass is 252 g/mol. The molecule has 2 amide bonds. The van der Waals surface area contributed by atoms with Crippen molar-refractivity contribution < 1.29 is 15.0 Å². The summed E-state index contributed by atoms with van der Waals surface area (Å²) < 4.78 is 0. The van der Waals surface area contributed by atoms with Crippen molar-refractivity contribution in [3.63, 3.8) is 0 Å². The molecule has 0 bridgehead atoms. The van der Waals surface area contributed by atoms with Crippen molar-refractivity contribution in [3.05, 3.63) is 29.8 Å². The fourth-order valence-electron chi connectivity index (χ4n) is 1.57. The third-order valence-corrected chi connectivity index (χ3v) is 2.51. The van der Waals surface area contributed by atoms with Crippen molar-refractivity contribution in [2.45, 2.75) is 26.1 Å². The number of rotatable bonds is 4. The Morgan fingerprint density at radius 2 is 2.06 bits per heavy atom. The molecule has 0 radical (unpaired) electrons. The van der Waals surface area contributed by atoms with Crippen LogP contribution in [-0.2, 0) is 0 Å². The fraction of sp³-hybridized carbons (Fsp3) is 0.462. The van der Waals surface area contributed by atoms with E-state index < -0.39 is 12.2 Å². The van der Waals surface area contributed by atoms with Gasteiger partial charge in [0.05, 0.1) is 12.2 Å². The molecule has 100 valence electrons. The highest BCUT2D eigenvalue weighted by Crippen LogP contribution is 2.17. The molecule has 0 aromatic heterocycles. The van der Waals surface area contributed by atoms with E-state index in [0.29, 0.717) is 5.69 Å². The maximum atomic E-state index is 11.8. The molecule has 2 unspecified atom stereocenters. The molecule has 0 heterocycles. The van der Waals surface area contributed by atoms with E-state index in [2.05, 4.69) is 5.32 Å². The van der Waals surface area contributed by atoms with Crippen molar-refractivity contribution >= 4 is 11.7 Å². The van der Waals surface area contributed by atoms with Gasteiger partial charge in [-0.25, -0.2) is 4.79 Å². The normalized spacial score (nSPS) is 13.8. The number of urea groups is 1. The van der Waals surface area contributed by atoms with Crippen molar-refractivity contribution in [1.82, 2.24) is 4.90 Å². The summed E-state index contributed by atoms with van der Waals surface area (Å²) in [5.41, 5.74) is 1.36. The molecule has 0 aliphatic heterocycles. The Balaban J connectivity index is 2.67. The first kappa shape index (κ1) is 14.5. The van der Waals surface area contributed by atoms with Crippen LogP contribution < -0.4 is 5.32 Å². The molecule has 2 atom stereocenters. The lowest BCUT2D eigenvalue weighted by Crippen LogP contribution is -2.36. The number of hydrogen-bond donors (Lipinski definition) is 3. The van der Waals surface area contributed by atoms with Crippen molar-refractivity contribution in [1.29, 1.82) is 0 Å². The number of aliphatic hydroxyl groups is 2. The lowest BCUT2D eigenvalue weighted by atomic mass is 10.1. The summed E-state index contributed by atoms with van der Waals surface area (Å²) in [7, 11) is 1.61. The van der Waals surface area contributed by atoms with E-state index in [1.807, 2.05) is 0 Å². The molecule has 1 aromatic carbocycles. The molecule has 5 heteroatoms. The van der Waals surface area contributed by atoms with Gasteiger partial charge in [-0.1, -0.05) is 12.1 Å². The third-order valence-electron chi connectivity index (χ3n) is 2.51. The third kappa shape index (κ3) is 4.35. The average Bonchev–Trinajstić information content (AvgIpc) is 2.28. The summed E-state index contributed by atoms with van der Waals surface area (Å²) in [5.74, 6) is 0. The molecule has 0 saturated heterocycles. The number of nitrogens with zero attached hydrogens (tertiary/aromatic N) is 1. The molecule has 0 saturated carbocycles. The Bertz CT molecular complexity index is 405. The van der Waals surface area contributed by atoms with Gasteiger partial charge in [0.25, 0.3) is 0 Å². The quantitative estimate of drug-likeness (QED) is 0.762. The van der Waals surface area contributed by atoms with Crippen LogP contribution in [0.15, 0.2) is 24.3 Å². The predicted molar refractivity (Wildman–Crippen MR) is 70.4 cm³/mol. The van der Waals surface area contributed by atoms with E-state index in [-0.39, 0.29) is 12.6 Å². The Morgan fingerprint density at radius 3 is 2.61 bits per heavy atom. The Hall–Kier alpha value is -1.59. The molecule has 0 fully saturated rings. The van der Waals surface area contributed by atoms with Gasteiger partial charge in [-0.3, -0.25) is 0 Å². The van der Waals surface area contributed by atoms with E-state index >= 15 is 0 Å². The van der Waals surface area contributed by atoms with Crippen molar-refractivity contribution in [2.75, 3.05) is 18.9 Å². The van der Waals surface area contributed by atoms with E-state index in [4.69, 9.17) is 0 Å². The average molecular weight is 252 g/mol. The summed E-state index contributed by atoms with van der Waals surface area (Å²) in [6.45, 7) is 3.56. The number of hydrogen-bond acceptors (Lipinski definition) is 3. The van der Waals surface area contributed by atoms with Gasteiger partial charge < -0.3 is 20.4 Å². The first-order chi connectivity index (χ1) is 8.40. The van der Waals surface area contributed by atoms with Crippen LogP contribution in [-0.4, -0.2) is 40.8 Å². The van der Waals surface area contributed by atoms with Crippen LogP contribution in [0.25, 0.3) is 0 Å². The summed E-state index contributed by atoms with van der Waals surface area (Å²) >= 11 is 0. The SMILES string of the molecule is CC(O)CN(C)C(=O)Nc1cccc(C(C)O)c1. The van der Waals surface area contributed by atoms with E-state index in [1.54, 1.807) is 45.2 Å². The van der Waals surface area contributed by atoms with E-state index in [0.717, 1.165) is 5.56 Å². The molecule has 5 nitrogen and oxygen atoms in total.